The van der Waals surface area contributed by atoms with Crippen LogP contribution in [0.5, 0.6) is 0 Å². The first-order valence-corrected chi connectivity index (χ1v) is 7.53. The van der Waals surface area contributed by atoms with E-state index in [1.165, 1.54) is 12.1 Å². The van der Waals surface area contributed by atoms with Gasteiger partial charge in [-0.25, -0.2) is 0 Å². The lowest BCUT2D eigenvalue weighted by atomic mass is 10.1. The van der Waals surface area contributed by atoms with E-state index < -0.39 is 0 Å². The Morgan fingerprint density at radius 2 is 2.26 bits per heavy atom. The van der Waals surface area contributed by atoms with Crippen LogP contribution in [-0.4, -0.2) is 53.6 Å². The van der Waals surface area contributed by atoms with E-state index in [0.29, 0.717) is 6.54 Å². The Balaban J connectivity index is 1.92. The molecule has 0 spiro atoms. The quantitative estimate of drug-likeness (QED) is 0.843. The lowest BCUT2D eigenvalue weighted by Crippen LogP contribution is -2.44. The molecule has 4 heteroatoms. The van der Waals surface area contributed by atoms with Gasteiger partial charge in [-0.15, -0.1) is 0 Å². The number of hydrogen-bond acceptors (Lipinski definition) is 3. The molecule has 0 saturated carbocycles. The molecule has 108 valence electrons. The van der Waals surface area contributed by atoms with Gasteiger partial charge < -0.3 is 10.0 Å². The highest BCUT2D eigenvalue weighted by Gasteiger charge is 2.24. The summed E-state index contributed by atoms with van der Waals surface area (Å²) in [5, 5.41) is 9.47. The number of likely N-dealkylation sites (N-methyl/N-ethyl adjacent to an activating group) is 1. The van der Waals surface area contributed by atoms with Crippen molar-refractivity contribution >= 4 is 5.91 Å². The fraction of sp³-hybridized carbons (Fsp3) is 0.800. The van der Waals surface area contributed by atoms with Crippen LogP contribution >= 0.6 is 0 Å². The molecular weight excluding hydrogens is 240 g/mol. The minimum absolute atomic E-state index is 0.161. The monoisotopic (exact) mass is 266 g/mol. The number of aliphatic hydroxyl groups excluding tert-OH is 1. The first-order chi connectivity index (χ1) is 9.22. The van der Waals surface area contributed by atoms with Gasteiger partial charge in [0.2, 0.25) is 5.91 Å². The standard InChI is InChI=1S/C15H26N2O2/c1-16(13-7-4-5-8-13)15(19)11-17-10-6-2-3-9-14(17)12-18/h7,14,18H,2-6,8-12H2,1H3. The molecule has 1 amide bonds. The number of amides is 1. The van der Waals surface area contributed by atoms with Gasteiger partial charge >= 0.3 is 0 Å². The minimum atomic E-state index is 0.161. The van der Waals surface area contributed by atoms with Crippen molar-refractivity contribution in [1.82, 2.24) is 9.80 Å². The second kappa shape index (κ2) is 7.06. The van der Waals surface area contributed by atoms with Crippen LogP contribution in [0.1, 0.15) is 44.9 Å². The molecule has 19 heavy (non-hydrogen) atoms. The summed E-state index contributed by atoms with van der Waals surface area (Å²) in [7, 11) is 1.88. The van der Waals surface area contributed by atoms with E-state index in [-0.39, 0.29) is 18.6 Å². The van der Waals surface area contributed by atoms with Gasteiger partial charge in [-0.05, 0) is 38.6 Å². The molecule has 2 rings (SSSR count). The van der Waals surface area contributed by atoms with Crippen LogP contribution in [0, 0.1) is 0 Å². The predicted octanol–water partition coefficient (Wildman–Crippen LogP) is 1.75. The normalized spacial score (nSPS) is 24.9. The Bertz CT molecular complexity index is 341. The SMILES string of the molecule is CN(C(=O)CN1CCCCCC1CO)C1=CCCC1. The van der Waals surface area contributed by atoms with E-state index >= 15 is 0 Å². The Morgan fingerprint density at radius 1 is 1.42 bits per heavy atom. The fourth-order valence-electron chi connectivity index (χ4n) is 3.05. The maximum absolute atomic E-state index is 12.3. The minimum Gasteiger partial charge on any atom is -0.395 e. The van der Waals surface area contributed by atoms with E-state index in [0.717, 1.165) is 45.1 Å². The topological polar surface area (TPSA) is 43.8 Å². The van der Waals surface area contributed by atoms with Crippen LogP contribution in [-0.2, 0) is 4.79 Å². The summed E-state index contributed by atoms with van der Waals surface area (Å²) < 4.78 is 0. The third-order valence-electron chi connectivity index (χ3n) is 4.37. The van der Waals surface area contributed by atoms with Crippen LogP contribution in [0.2, 0.25) is 0 Å². The van der Waals surface area contributed by atoms with Crippen molar-refractivity contribution in [3.05, 3.63) is 11.8 Å². The molecule has 0 aromatic carbocycles. The lowest BCUT2D eigenvalue weighted by molar-refractivity contribution is -0.130. The molecule has 1 atom stereocenters. The van der Waals surface area contributed by atoms with Gasteiger partial charge in [0.05, 0.1) is 13.2 Å². The second-order valence-corrected chi connectivity index (χ2v) is 5.70. The van der Waals surface area contributed by atoms with Crippen molar-refractivity contribution in [1.29, 1.82) is 0 Å². The van der Waals surface area contributed by atoms with Crippen molar-refractivity contribution < 1.29 is 9.90 Å². The number of rotatable bonds is 4. The maximum Gasteiger partial charge on any atom is 0.240 e. The van der Waals surface area contributed by atoms with Gasteiger partial charge in [0.25, 0.3) is 0 Å². The highest BCUT2D eigenvalue weighted by molar-refractivity contribution is 5.79. The van der Waals surface area contributed by atoms with Gasteiger partial charge in [-0.3, -0.25) is 9.69 Å². The fourth-order valence-corrected chi connectivity index (χ4v) is 3.05. The molecule has 0 radical (unpaired) electrons. The van der Waals surface area contributed by atoms with Gasteiger partial charge in [-0.1, -0.05) is 18.9 Å². The zero-order chi connectivity index (χ0) is 13.7. The summed E-state index contributed by atoms with van der Waals surface area (Å²) in [4.78, 5) is 16.3. The Kier molecular flexibility index (Phi) is 5.40. The molecule has 0 bridgehead atoms. The summed E-state index contributed by atoms with van der Waals surface area (Å²) in [6.07, 6.45) is 9.97. The number of allylic oxidation sites excluding steroid dienone is 2. The molecule has 1 aliphatic heterocycles. The summed E-state index contributed by atoms with van der Waals surface area (Å²) in [5.74, 6) is 0.161. The van der Waals surface area contributed by atoms with Gasteiger partial charge in [-0.2, -0.15) is 0 Å². The van der Waals surface area contributed by atoms with Crippen molar-refractivity contribution in [3.63, 3.8) is 0 Å². The molecule has 1 fully saturated rings. The maximum atomic E-state index is 12.3. The molecule has 0 aromatic rings. The van der Waals surface area contributed by atoms with E-state index in [9.17, 15) is 9.90 Å². The summed E-state index contributed by atoms with van der Waals surface area (Å²) in [5.41, 5.74) is 1.17. The van der Waals surface area contributed by atoms with Crippen molar-refractivity contribution in [3.8, 4) is 0 Å². The number of aliphatic hydroxyl groups is 1. The smallest absolute Gasteiger partial charge is 0.240 e. The average Bonchev–Trinajstić information content (AvgIpc) is 2.86. The van der Waals surface area contributed by atoms with E-state index in [2.05, 4.69) is 11.0 Å². The summed E-state index contributed by atoms with van der Waals surface area (Å²) in [6, 6.07) is 0.164. The second-order valence-electron chi connectivity index (χ2n) is 5.70. The molecule has 1 saturated heterocycles. The van der Waals surface area contributed by atoms with Crippen molar-refractivity contribution in [2.24, 2.45) is 0 Å². The molecule has 2 aliphatic rings. The highest BCUT2D eigenvalue weighted by Crippen LogP contribution is 2.21. The molecular formula is C15H26N2O2. The summed E-state index contributed by atoms with van der Waals surface area (Å²) >= 11 is 0. The summed E-state index contributed by atoms with van der Waals surface area (Å²) in [6.45, 7) is 1.54. The van der Waals surface area contributed by atoms with E-state index in [1.807, 2.05) is 11.9 Å². The van der Waals surface area contributed by atoms with Crippen LogP contribution in [0.4, 0.5) is 0 Å². The zero-order valence-corrected chi connectivity index (χ0v) is 12.0. The first-order valence-electron chi connectivity index (χ1n) is 7.53. The van der Waals surface area contributed by atoms with E-state index in [1.54, 1.807) is 0 Å². The number of carbonyl (C=O) groups is 1. The molecule has 1 heterocycles. The first kappa shape index (κ1) is 14.5. The van der Waals surface area contributed by atoms with E-state index in [4.69, 9.17) is 0 Å². The molecule has 1 aliphatic carbocycles. The van der Waals surface area contributed by atoms with Crippen LogP contribution in [0.3, 0.4) is 0 Å². The molecule has 0 aromatic heterocycles. The van der Waals surface area contributed by atoms with Gasteiger partial charge in [0.1, 0.15) is 0 Å². The molecule has 1 N–H and O–H groups in total. The van der Waals surface area contributed by atoms with Gasteiger partial charge in [0, 0.05) is 18.8 Å². The molecule has 4 nitrogen and oxygen atoms in total. The zero-order valence-electron chi connectivity index (χ0n) is 12.0. The number of likely N-dealkylation sites (tertiary alicyclic amines) is 1. The largest absolute Gasteiger partial charge is 0.395 e. The predicted molar refractivity (Wildman–Crippen MR) is 75.6 cm³/mol. The van der Waals surface area contributed by atoms with Crippen LogP contribution in [0.15, 0.2) is 11.8 Å². The number of hydrogen-bond donors (Lipinski definition) is 1. The Hall–Kier alpha value is -0.870. The lowest BCUT2D eigenvalue weighted by Gasteiger charge is -2.30. The third kappa shape index (κ3) is 3.80. The number of carbonyl (C=O) groups excluding carboxylic acids is 1. The van der Waals surface area contributed by atoms with Crippen LogP contribution < -0.4 is 0 Å². The Labute approximate surface area is 116 Å². The molecule has 1 unspecified atom stereocenters. The third-order valence-corrected chi connectivity index (χ3v) is 4.37. The Morgan fingerprint density at radius 3 is 2.95 bits per heavy atom. The van der Waals surface area contributed by atoms with Gasteiger partial charge in [0.15, 0.2) is 0 Å². The number of nitrogens with zero attached hydrogens (tertiary/aromatic N) is 2. The van der Waals surface area contributed by atoms with Crippen molar-refractivity contribution in [2.45, 2.75) is 51.0 Å². The average molecular weight is 266 g/mol. The van der Waals surface area contributed by atoms with Crippen LogP contribution in [0.25, 0.3) is 0 Å². The van der Waals surface area contributed by atoms with Crippen molar-refractivity contribution in [2.75, 3.05) is 26.7 Å². The highest BCUT2D eigenvalue weighted by atomic mass is 16.3.